The van der Waals surface area contributed by atoms with Crippen molar-refractivity contribution in [3.63, 3.8) is 0 Å². The van der Waals surface area contributed by atoms with Gasteiger partial charge in [-0.2, -0.15) is 5.10 Å². The van der Waals surface area contributed by atoms with Crippen LogP contribution in [0.5, 0.6) is 0 Å². The summed E-state index contributed by atoms with van der Waals surface area (Å²) in [7, 11) is 0. The van der Waals surface area contributed by atoms with E-state index in [1.807, 2.05) is 78.9 Å². The predicted octanol–water partition coefficient (Wildman–Crippen LogP) is 5.02. The summed E-state index contributed by atoms with van der Waals surface area (Å²) in [6.45, 7) is 0. The first-order valence-electron chi connectivity index (χ1n) is 10.1. The largest absolute Gasteiger partial charge is 0.272 e. The Balaban J connectivity index is 1.49. The average Bonchev–Trinajstić information content (AvgIpc) is 2.84. The Morgan fingerprint density at radius 2 is 1.67 bits per heavy atom. The number of carbonyl (C=O) groups is 1. The van der Waals surface area contributed by atoms with Crippen molar-refractivity contribution in [3.8, 4) is 5.69 Å². The van der Waals surface area contributed by atoms with E-state index in [4.69, 9.17) is 0 Å². The van der Waals surface area contributed by atoms with Gasteiger partial charge in [0.2, 0.25) is 0 Å². The van der Waals surface area contributed by atoms with Gasteiger partial charge in [0.05, 0.1) is 28.6 Å². The first kappa shape index (κ1) is 22.7. The van der Waals surface area contributed by atoms with Crippen LogP contribution in [0.2, 0.25) is 0 Å². The normalized spacial score (nSPS) is 11.7. The lowest BCUT2D eigenvalue weighted by Gasteiger charge is -2.12. The third-order valence-corrected chi connectivity index (χ3v) is 5.95. The molecule has 0 fully saturated rings. The van der Waals surface area contributed by atoms with Crippen LogP contribution < -0.4 is 11.0 Å². The van der Waals surface area contributed by atoms with Crippen LogP contribution in [0, 0.1) is 0 Å². The van der Waals surface area contributed by atoms with E-state index in [0.29, 0.717) is 21.7 Å². The van der Waals surface area contributed by atoms with Gasteiger partial charge in [-0.15, -0.1) is 0 Å². The topological polar surface area (TPSA) is 76.3 Å². The van der Waals surface area contributed by atoms with Crippen LogP contribution in [-0.4, -0.2) is 27.4 Å². The van der Waals surface area contributed by atoms with E-state index in [0.717, 1.165) is 10.0 Å². The molecule has 0 aliphatic carbocycles. The van der Waals surface area contributed by atoms with Crippen LogP contribution in [0.3, 0.4) is 0 Å². The third kappa shape index (κ3) is 5.85. The van der Waals surface area contributed by atoms with Gasteiger partial charge >= 0.3 is 0 Å². The minimum atomic E-state index is -0.307. The summed E-state index contributed by atoms with van der Waals surface area (Å²) >= 11 is 4.59. The first-order chi connectivity index (χ1) is 16.1. The standard InChI is InChI=1S/C25H19BrN4O2S/c26-19(15-18-9-3-1-4-10-18)16-27-29-23(31)17-33-25-28-22-14-8-7-13-21(22)24(32)30(25)20-11-5-2-6-12-20/h1-16H,17H2,(H,29,31)/b19-15-,27-16-. The highest BCUT2D eigenvalue weighted by atomic mass is 79.9. The van der Waals surface area contributed by atoms with E-state index in [2.05, 4.69) is 31.4 Å². The number of para-hydroxylation sites is 2. The summed E-state index contributed by atoms with van der Waals surface area (Å²) in [5.41, 5.74) is 4.62. The smallest absolute Gasteiger partial charge is 0.266 e. The molecule has 0 bridgehead atoms. The van der Waals surface area contributed by atoms with Crippen LogP contribution in [0.4, 0.5) is 0 Å². The van der Waals surface area contributed by atoms with Crippen molar-refractivity contribution in [2.45, 2.75) is 5.16 Å². The van der Waals surface area contributed by atoms with E-state index in [-0.39, 0.29) is 17.2 Å². The first-order valence-corrected chi connectivity index (χ1v) is 11.8. The summed E-state index contributed by atoms with van der Waals surface area (Å²) in [4.78, 5) is 30.2. The SMILES string of the molecule is O=C(CSc1nc2ccccc2c(=O)n1-c1ccccc1)N/N=C\C(Br)=C\c1ccccc1. The average molecular weight is 519 g/mol. The van der Waals surface area contributed by atoms with Gasteiger partial charge < -0.3 is 0 Å². The second-order valence-electron chi connectivity index (χ2n) is 6.91. The van der Waals surface area contributed by atoms with Crippen LogP contribution >= 0.6 is 27.7 Å². The lowest BCUT2D eigenvalue weighted by atomic mass is 10.2. The summed E-state index contributed by atoms with van der Waals surface area (Å²) in [5, 5.41) is 4.95. The van der Waals surface area contributed by atoms with Crippen molar-refractivity contribution < 1.29 is 4.79 Å². The molecule has 0 atom stereocenters. The van der Waals surface area contributed by atoms with Gasteiger partial charge in [-0.3, -0.25) is 14.2 Å². The zero-order chi connectivity index (χ0) is 23.0. The number of hydrazone groups is 1. The highest BCUT2D eigenvalue weighted by Crippen LogP contribution is 2.21. The Kier molecular flexibility index (Phi) is 7.49. The molecule has 0 unspecified atom stereocenters. The van der Waals surface area contributed by atoms with Gasteiger partial charge in [-0.1, -0.05) is 72.4 Å². The third-order valence-electron chi connectivity index (χ3n) is 4.57. The van der Waals surface area contributed by atoms with Crippen molar-refractivity contribution in [1.29, 1.82) is 0 Å². The second-order valence-corrected chi connectivity index (χ2v) is 8.77. The van der Waals surface area contributed by atoms with E-state index < -0.39 is 0 Å². The molecular formula is C25H19BrN4O2S. The molecule has 8 heteroatoms. The molecule has 3 aromatic carbocycles. The molecule has 1 N–H and O–H groups in total. The van der Waals surface area contributed by atoms with Gasteiger partial charge in [0.25, 0.3) is 11.5 Å². The molecule has 1 heterocycles. The Morgan fingerprint density at radius 3 is 2.42 bits per heavy atom. The fraction of sp³-hybridized carbons (Fsp3) is 0.0400. The molecule has 33 heavy (non-hydrogen) atoms. The zero-order valence-corrected chi connectivity index (χ0v) is 19.8. The Labute approximate surface area is 203 Å². The number of aromatic nitrogens is 2. The predicted molar refractivity (Wildman–Crippen MR) is 138 cm³/mol. The molecule has 0 radical (unpaired) electrons. The van der Waals surface area contributed by atoms with Crippen molar-refractivity contribution in [1.82, 2.24) is 15.0 Å². The summed E-state index contributed by atoms with van der Waals surface area (Å²) in [5.74, 6) is -0.257. The molecule has 6 nitrogen and oxygen atoms in total. The number of nitrogens with zero attached hydrogens (tertiary/aromatic N) is 3. The maximum atomic E-state index is 13.2. The maximum Gasteiger partial charge on any atom is 0.266 e. The number of hydrogen-bond acceptors (Lipinski definition) is 5. The molecule has 4 rings (SSSR count). The van der Waals surface area contributed by atoms with Crippen molar-refractivity contribution in [2.24, 2.45) is 5.10 Å². The number of amides is 1. The molecule has 1 amide bonds. The number of fused-ring (bicyclic) bond motifs is 1. The Hall–Kier alpha value is -3.49. The van der Waals surface area contributed by atoms with Crippen LogP contribution in [-0.2, 0) is 4.79 Å². The lowest BCUT2D eigenvalue weighted by molar-refractivity contribution is -0.118. The molecule has 1 aromatic heterocycles. The number of hydrogen-bond donors (Lipinski definition) is 1. The van der Waals surface area contributed by atoms with Crippen molar-refractivity contribution >= 4 is 56.8 Å². The minimum absolute atomic E-state index is 0.0506. The van der Waals surface area contributed by atoms with Gasteiger partial charge in [0, 0.05) is 4.48 Å². The van der Waals surface area contributed by atoms with E-state index in [9.17, 15) is 9.59 Å². The Morgan fingerprint density at radius 1 is 1.00 bits per heavy atom. The monoisotopic (exact) mass is 518 g/mol. The molecule has 0 aliphatic heterocycles. The summed E-state index contributed by atoms with van der Waals surface area (Å²) in [6.07, 6.45) is 3.41. The number of nitrogens with one attached hydrogen (secondary N) is 1. The van der Waals surface area contributed by atoms with Crippen molar-refractivity contribution in [3.05, 3.63) is 105 Å². The maximum absolute atomic E-state index is 13.2. The fourth-order valence-corrected chi connectivity index (χ4v) is 4.26. The number of rotatable bonds is 7. The van der Waals surface area contributed by atoms with E-state index in [1.54, 1.807) is 12.1 Å². The zero-order valence-electron chi connectivity index (χ0n) is 17.4. The number of allylic oxidation sites excluding steroid dienone is 1. The molecule has 0 saturated carbocycles. The minimum Gasteiger partial charge on any atom is -0.272 e. The fourth-order valence-electron chi connectivity index (χ4n) is 3.09. The lowest BCUT2D eigenvalue weighted by Crippen LogP contribution is -2.24. The second kappa shape index (κ2) is 10.9. The molecule has 164 valence electrons. The Bertz CT molecular complexity index is 1390. The highest BCUT2D eigenvalue weighted by Gasteiger charge is 2.14. The van der Waals surface area contributed by atoms with Crippen LogP contribution in [0.1, 0.15) is 5.56 Å². The highest BCUT2D eigenvalue weighted by molar-refractivity contribution is 9.12. The molecular weight excluding hydrogens is 500 g/mol. The summed E-state index contributed by atoms with van der Waals surface area (Å²) in [6, 6.07) is 26.2. The van der Waals surface area contributed by atoms with Crippen molar-refractivity contribution in [2.75, 3.05) is 5.75 Å². The van der Waals surface area contributed by atoms with Crippen LogP contribution in [0.15, 0.2) is 104 Å². The van der Waals surface area contributed by atoms with Gasteiger partial charge in [-0.05, 0) is 51.8 Å². The quantitative estimate of drug-likeness (QED) is 0.161. The molecule has 4 aromatic rings. The number of benzene rings is 3. The number of thioether (sulfide) groups is 1. The van der Waals surface area contributed by atoms with Gasteiger partial charge in [0.15, 0.2) is 5.16 Å². The molecule has 0 aliphatic rings. The number of halogens is 1. The molecule has 0 saturated heterocycles. The summed E-state index contributed by atoms with van der Waals surface area (Å²) < 4.78 is 2.25. The van der Waals surface area contributed by atoms with Gasteiger partial charge in [0.1, 0.15) is 0 Å². The van der Waals surface area contributed by atoms with E-state index >= 15 is 0 Å². The number of carbonyl (C=O) groups excluding carboxylic acids is 1. The molecule has 0 spiro atoms. The van der Waals surface area contributed by atoms with E-state index in [1.165, 1.54) is 22.5 Å². The van der Waals surface area contributed by atoms with Gasteiger partial charge in [-0.25, -0.2) is 10.4 Å². The van der Waals surface area contributed by atoms with Crippen LogP contribution in [0.25, 0.3) is 22.7 Å².